The number of hydrogen-bond donors (Lipinski definition) is 0. The Morgan fingerprint density at radius 3 is 2.69 bits per heavy atom. The van der Waals surface area contributed by atoms with E-state index in [9.17, 15) is 13.2 Å². The van der Waals surface area contributed by atoms with Gasteiger partial charge in [-0.2, -0.15) is 0 Å². The predicted molar refractivity (Wildman–Crippen MR) is 103 cm³/mol. The Bertz CT molecular complexity index is 960. The van der Waals surface area contributed by atoms with Crippen LogP contribution < -0.4 is 9.04 Å². The molecular formula is C18H17Cl2NO4S. The molecule has 0 aliphatic carbocycles. The van der Waals surface area contributed by atoms with Crippen molar-refractivity contribution in [1.82, 2.24) is 0 Å². The maximum absolute atomic E-state index is 12.4. The Hall–Kier alpha value is -1.76. The summed E-state index contributed by atoms with van der Waals surface area (Å²) in [6.07, 6.45) is 2.62. The monoisotopic (exact) mass is 413 g/mol. The fraction of sp³-hybridized carbons (Fsp3) is 0.278. The molecule has 0 fully saturated rings. The topological polar surface area (TPSA) is 63.7 Å². The minimum absolute atomic E-state index is 0.186. The van der Waals surface area contributed by atoms with Gasteiger partial charge in [0.05, 0.1) is 17.0 Å². The maximum atomic E-state index is 12.4. The highest BCUT2D eigenvalue weighted by molar-refractivity contribution is 7.92. The summed E-state index contributed by atoms with van der Waals surface area (Å²) in [5.41, 5.74) is 1.94. The molecule has 0 aromatic heterocycles. The van der Waals surface area contributed by atoms with Gasteiger partial charge in [0.2, 0.25) is 10.0 Å². The second-order valence-corrected chi connectivity index (χ2v) is 8.82. The van der Waals surface area contributed by atoms with Gasteiger partial charge in [-0.1, -0.05) is 23.2 Å². The quantitative estimate of drug-likeness (QED) is 0.695. The van der Waals surface area contributed by atoms with Gasteiger partial charge in [-0.05, 0) is 48.7 Å². The largest absolute Gasteiger partial charge is 0.484 e. The number of sulfonamides is 1. The number of ketones is 1. The van der Waals surface area contributed by atoms with Crippen LogP contribution in [0.5, 0.6) is 5.75 Å². The van der Waals surface area contributed by atoms with Crippen LogP contribution in [0.4, 0.5) is 5.69 Å². The molecule has 138 valence electrons. The molecule has 0 saturated carbocycles. The Balaban J connectivity index is 1.78. The van der Waals surface area contributed by atoms with Crippen molar-refractivity contribution in [2.24, 2.45) is 0 Å². The minimum Gasteiger partial charge on any atom is -0.484 e. The lowest BCUT2D eigenvalue weighted by Crippen LogP contribution is -2.34. The van der Waals surface area contributed by atoms with Crippen LogP contribution in [-0.4, -0.2) is 33.6 Å². The average Bonchev–Trinajstić information content (AvgIpc) is 2.60. The number of hydrogen-bond acceptors (Lipinski definition) is 4. The standard InChI is InChI=1S/C18H17Cl2NO4S/c1-26(23,24)21-8-2-3-12-9-13(4-7-16(12)21)17(22)11-25-18-10-14(19)5-6-15(18)20/h4-7,9-10H,2-3,8,11H2,1H3. The van der Waals surface area contributed by atoms with E-state index in [0.29, 0.717) is 40.0 Å². The molecule has 1 aliphatic rings. The van der Waals surface area contributed by atoms with E-state index < -0.39 is 10.0 Å². The number of carbonyl (C=O) groups excluding carboxylic acids is 1. The summed E-state index contributed by atoms with van der Waals surface area (Å²) in [5.74, 6) is 0.119. The zero-order valence-electron chi connectivity index (χ0n) is 14.0. The average molecular weight is 414 g/mol. The zero-order chi connectivity index (χ0) is 18.9. The van der Waals surface area contributed by atoms with Crippen LogP contribution in [0.15, 0.2) is 36.4 Å². The fourth-order valence-electron chi connectivity index (χ4n) is 2.89. The molecule has 0 unspecified atom stereocenters. The molecule has 0 N–H and O–H groups in total. The molecule has 26 heavy (non-hydrogen) atoms. The molecule has 0 saturated heterocycles. The van der Waals surface area contributed by atoms with E-state index in [4.69, 9.17) is 27.9 Å². The minimum atomic E-state index is -3.33. The van der Waals surface area contributed by atoms with Gasteiger partial charge >= 0.3 is 0 Å². The second kappa shape index (κ2) is 7.47. The van der Waals surface area contributed by atoms with Crippen molar-refractivity contribution in [2.75, 3.05) is 23.7 Å². The Morgan fingerprint density at radius 1 is 1.19 bits per heavy atom. The van der Waals surface area contributed by atoms with Gasteiger partial charge in [0.25, 0.3) is 0 Å². The lowest BCUT2D eigenvalue weighted by Gasteiger charge is -2.29. The molecule has 0 radical (unpaired) electrons. The number of halogens is 2. The van der Waals surface area contributed by atoms with Crippen molar-refractivity contribution in [1.29, 1.82) is 0 Å². The van der Waals surface area contributed by atoms with Crippen molar-refractivity contribution in [3.8, 4) is 5.75 Å². The third-order valence-electron chi connectivity index (χ3n) is 4.13. The molecule has 0 amide bonds. The first-order valence-corrected chi connectivity index (χ1v) is 10.6. The summed E-state index contributed by atoms with van der Waals surface area (Å²) in [5, 5.41) is 0.836. The third kappa shape index (κ3) is 4.14. The number of fused-ring (bicyclic) bond motifs is 1. The van der Waals surface area contributed by atoms with Crippen LogP contribution in [0, 0.1) is 0 Å². The van der Waals surface area contributed by atoms with Gasteiger partial charge in [0, 0.05) is 23.2 Å². The van der Waals surface area contributed by atoms with Crippen molar-refractivity contribution in [2.45, 2.75) is 12.8 Å². The van der Waals surface area contributed by atoms with Crippen LogP contribution in [0.1, 0.15) is 22.3 Å². The molecule has 3 rings (SSSR count). The van der Waals surface area contributed by atoms with Crippen LogP contribution in [0.3, 0.4) is 0 Å². The molecule has 8 heteroatoms. The summed E-state index contributed by atoms with van der Waals surface area (Å²) in [6, 6.07) is 9.81. The summed E-state index contributed by atoms with van der Waals surface area (Å²) in [6.45, 7) is 0.268. The van der Waals surface area contributed by atoms with E-state index in [1.54, 1.807) is 36.4 Å². The van der Waals surface area contributed by atoms with Crippen molar-refractivity contribution >= 4 is 44.7 Å². The van der Waals surface area contributed by atoms with Gasteiger partial charge in [0.15, 0.2) is 12.4 Å². The molecular weight excluding hydrogens is 397 g/mol. The van der Waals surface area contributed by atoms with Gasteiger partial charge in [-0.15, -0.1) is 0 Å². The number of aryl methyl sites for hydroxylation is 1. The summed E-state index contributed by atoms with van der Waals surface area (Å²) in [7, 11) is -3.33. The van der Waals surface area contributed by atoms with E-state index in [1.807, 2.05) is 0 Å². The van der Waals surface area contributed by atoms with Crippen LogP contribution in [0.25, 0.3) is 0 Å². The number of anilines is 1. The lowest BCUT2D eigenvalue weighted by molar-refractivity contribution is 0.0921. The van der Waals surface area contributed by atoms with E-state index >= 15 is 0 Å². The molecule has 0 bridgehead atoms. The third-order valence-corrected chi connectivity index (χ3v) is 5.86. The van der Waals surface area contributed by atoms with Gasteiger partial charge in [0.1, 0.15) is 5.75 Å². The summed E-state index contributed by atoms with van der Waals surface area (Å²) in [4.78, 5) is 12.4. The number of ether oxygens (including phenoxy) is 1. The predicted octanol–water partition coefficient (Wildman–Crippen LogP) is 3.97. The highest BCUT2D eigenvalue weighted by Crippen LogP contribution is 2.31. The van der Waals surface area contributed by atoms with Crippen molar-refractivity contribution in [3.63, 3.8) is 0 Å². The normalized spacial score (nSPS) is 14.0. The molecule has 2 aromatic rings. The first-order chi connectivity index (χ1) is 12.3. The highest BCUT2D eigenvalue weighted by Gasteiger charge is 2.24. The van der Waals surface area contributed by atoms with Crippen LogP contribution in [0.2, 0.25) is 10.0 Å². The fourth-order valence-corrected chi connectivity index (χ4v) is 4.23. The van der Waals surface area contributed by atoms with E-state index in [0.717, 1.165) is 12.0 Å². The van der Waals surface area contributed by atoms with Crippen molar-refractivity contribution < 1.29 is 17.9 Å². The SMILES string of the molecule is CS(=O)(=O)N1CCCc2cc(C(=O)COc3cc(Cl)ccc3Cl)ccc21. The number of carbonyl (C=O) groups is 1. The molecule has 2 aromatic carbocycles. The van der Waals surface area contributed by atoms with Gasteiger partial charge in [-0.3, -0.25) is 9.10 Å². The van der Waals surface area contributed by atoms with Crippen LogP contribution >= 0.6 is 23.2 Å². The first-order valence-electron chi connectivity index (χ1n) is 7.97. The summed E-state index contributed by atoms with van der Waals surface area (Å²) >= 11 is 11.9. The van der Waals surface area contributed by atoms with E-state index in [2.05, 4.69) is 0 Å². The molecule has 0 atom stereocenters. The number of nitrogens with zero attached hydrogens (tertiary/aromatic N) is 1. The Morgan fingerprint density at radius 2 is 1.96 bits per heavy atom. The van der Waals surface area contributed by atoms with Crippen molar-refractivity contribution in [3.05, 3.63) is 57.6 Å². The number of rotatable bonds is 5. The van der Waals surface area contributed by atoms with E-state index in [-0.39, 0.29) is 12.4 Å². The lowest BCUT2D eigenvalue weighted by atomic mass is 9.99. The van der Waals surface area contributed by atoms with Gasteiger partial charge < -0.3 is 4.74 Å². The number of benzene rings is 2. The maximum Gasteiger partial charge on any atom is 0.232 e. The summed E-state index contributed by atoms with van der Waals surface area (Å²) < 4.78 is 30.7. The number of Topliss-reactive ketones (excluding diaryl/α,β-unsaturated/α-hetero) is 1. The van der Waals surface area contributed by atoms with Gasteiger partial charge in [-0.25, -0.2) is 8.42 Å². The molecule has 0 spiro atoms. The second-order valence-electron chi connectivity index (χ2n) is 6.07. The van der Waals surface area contributed by atoms with E-state index in [1.165, 1.54) is 10.6 Å². The first kappa shape index (κ1) is 19.0. The smallest absolute Gasteiger partial charge is 0.232 e. The Kier molecular flexibility index (Phi) is 5.46. The molecule has 1 heterocycles. The van der Waals surface area contributed by atoms with Crippen LogP contribution in [-0.2, 0) is 16.4 Å². The Labute approximate surface area is 162 Å². The zero-order valence-corrected chi connectivity index (χ0v) is 16.4. The highest BCUT2D eigenvalue weighted by atomic mass is 35.5. The molecule has 5 nitrogen and oxygen atoms in total. The molecule has 1 aliphatic heterocycles.